The minimum atomic E-state index is 0. The van der Waals surface area contributed by atoms with Gasteiger partial charge in [-0.2, -0.15) is 0 Å². The first-order chi connectivity index (χ1) is 7.61. The zero-order valence-corrected chi connectivity index (χ0v) is 12.2. The fourth-order valence-corrected chi connectivity index (χ4v) is 1.55. The molecule has 0 aromatic carbocycles. The Morgan fingerprint density at radius 2 is 1.00 bits per heavy atom. The molecule has 0 bridgehead atoms. The Morgan fingerprint density at radius 1 is 0.647 bits per heavy atom. The molecular weight excluding hydrogens is 248 g/mol. The molecule has 2 aliphatic carbocycles. The average molecular weight is 270 g/mol. The molecule has 0 amide bonds. The summed E-state index contributed by atoms with van der Waals surface area (Å²) in [7, 11) is 0. The Kier molecular flexibility index (Phi) is 8.29. The van der Waals surface area contributed by atoms with Gasteiger partial charge in [0, 0.05) is 29.9 Å². The normalized spacial score (nSPS) is 16.6. The third-order valence-corrected chi connectivity index (χ3v) is 2.71. The van der Waals surface area contributed by atoms with E-state index >= 15 is 0 Å². The summed E-state index contributed by atoms with van der Waals surface area (Å²) in [6.07, 6.45) is 16.9. The molecule has 17 heavy (non-hydrogen) atoms. The second-order valence-corrected chi connectivity index (χ2v) is 4.75. The van der Waals surface area contributed by atoms with E-state index in [0.29, 0.717) is 11.8 Å². The number of hydrogen-bond donors (Lipinski definition) is 0. The van der Waals surface area contributed by atoms with Crippen LogP contribution in [0.4, 0.5) is 0 Å². The van der Waals surface area contributed by atoms with Crippen LogP contribution in [0.15, 0.2) is 47.6 Å². The minimum Gasteiger partial charge on any atom is -0.0764 e. The van der Waals surface area contributed by atoms with Crippen molar-refractivity contribution in [2.45, 2.75) is 27.7 Å². The van der Waals surface area contributed by atoms with Crippen LogP contribution in [0, 0.1) is 24.7 Å². The molecule has 0 aliphatic heterocycles. The molecule has 0 N–H and O–H groups in total. The smallest absolute Gasteiger partial charge is 0.00861 e. The van der Waals surface area contributed by atoms with Crippen molar-refractivity contribution in [3.05, 3.63) is 60.4 Å². The number of rotatable bonds is 2. The summed E-state index contributed by atoms with van der Waals surface area (Å²) >= 11 is 0. The second-order valence-electron chi connectivity index (χ2n) is 4.75. The third kappa shape index (κ3) is 6.10. The van der Waals surface area contributed by atoms with Crippen molar-refractivity contribution < 1.29 is 17.1 Å². The van der Waals surface area contributed by atoms with Gasteiger partial charge in [0.25, 0.3) is 0 Å². The maximum Gasteiger partial charge on any atom is 0.00861 e. The van der Waals surface area contributed by atoms with Crippen LogP contribution in [0.1, 0.15) is 27.7 Å². The van der Waals surface area contributed by atoms with Crippen LogP contribution in [0.2, 0.25) is 0 Å². The molecule has 0 saturated carbocycles. The first kappa shape index (κ1) is 16.5. The molecule has 2 radical (unpaired) electrons. The molecule has 1 heteroatoms. The SMILES string of the molecule is CC(C)C1=CC=C[CH]1.CC(C)C1=CC=C[CH]1.[Fe]. The van der Waals surface area contributed by atoms with Gasteiger partial charge in [-0.05, 0) is 11.8 Å². The van der Waals surface area contributed by atoms with Crippen molar-refractivity contribution >= 4 is 0 Å². The Labute approximate surface area is 117 Å². The van der Waals surface area contributed by atoms with E-state index in [2.05, 4.69) is 77.0 Å². The van der Waals surface area contributed by atoms with Crippen LogP contribution in [0.5, 0.6) is 0 Å². The maximum atomic E-state index is 2.20. The summed E-state index contributed by atoms with van der Waals surface area (Å²) in [5.74, 6) is 1.37. The summed E-state index contributed by atoms with van der Waals surface area (Å²) in [4.78, 5) is 0. The van der Waals surface area contributed by atoms with E-state index in [1.807, 2.05) is 0 Å². The Balaban J connectivity index is 0.000000284. The molecule has 94 valence electrons. The predicted octanol–water partition coefficient (Wildman–Crippen LogP) is 4.68. The zero-order valence-electron chi connectivity index (χ0n) is 11.1. The molecule has 0 fully saturated rings. The van der Waals surface area contributed by atoms with Crippen molar-refractivity contribution in [3.8, 4) is 0 Å². The van der Waals surface area contributed by atoms with E-state index < -0.39 is 0 Å². The van der Waals surface area contributed by atoms with Gasteiger partial charge >= 0.3 is 0 Å². The number of allylic oxidation sites excluding steroid dienone is 8. The molecule has 0 saturated heterocycles. The van der Waals surface area contributed by atoms with Crippen molar-refractivity contribution in [3.63, 3.8) is 0 Å². The molecule has 0 nitrogen and oxygen atoms in total. The van der Waals surface area contributed by atoms with Crippen LogP contribution < -0.4 is 0 Å². The fourth-order valence-electron chi connectivity index (χ4n) is 1.55. The van der Waals surface area contributed by atoms with Crippen molar-refractivity contribution in [2.24, 2.45) is 11.8 Å². The molecule has 2 rings (SSSR count). The van der Waals surface area contributed by atoms with Crippen LogP contribution in [-0.4, -0.2) is 0 Å². The Hall–Kier alpha value is -0.521. The van der Waals surface area contributed by atoms with E-state index in [-0.39, 0.29) is 17.1 Å². The zero-order chi connectivity index (χ0) is 12.0. The van der Waals surface area contributed by atoms with E-state index in [9.17, 15) is 0 Å². The van der Waals surface area contributed by atoms with Gasteiger partial charge < -0.3 is 0 Å². The van der Waals surface area contributed by atoms with Gasteiger partial charge in [-0.1, -0.05) is 75.3 Å². The maximum absolute atomic E-state index is 2.20. The van der Waals surface area contributed by atoms with Gasteiger partial charge in [0.1, 0.15) is 0 Å². The summed E-state index contributed by atoms with van der Waals surface area (Å²) in [5, 5.41) is 0. The summed E-state index contributed by atoms with van der Waals surface area (Å²) in [6, 6.07) is 0. The summed E-state index contributed by atoms with van der Waals surface area (Å²) in [6.45, 7) is 8.81. The predicted molar refractivity (Wildman–Crippen MR) is 72.7 cm³/mol. The van der Waals surface area contributed by atoms with Gasteiger partial charge in [0.05, 0.1) is 0 Å². The van der Waals surface area contributed by atoms with Crippen molar-refractivity contribution in [2.75, 3.05) is 0 Å². The van der Waals surface area contributed by atoms with Gasteiger partial charge in [0.2, 0.25) is 0 Å². The van der Waals surface area contributed by atoms with Crippen molar-refractivity contribution in [1.29, 1.82) is 0 Å². The topological polar surface area (TPSA) is 0 Å². The molecule has 0 heterocycles. The van der Waals surface area contributed by atoms with Crippen LogP contribution in [0.3, 0.4) is 0 Å². The Bertz CT molecular complexity index is 293. The van der Waals surface area contributed by atoms with Crippen LogP contribution >= 0.6 is 0 Å². The van der Waals surface area contributed by atoms with E-state index in [4.69, 9.17) is 0 Å². The summed E-state index contributed by atoms with van der Waals surface area (Å²) < 4.78 is 0. The molecule has 0 spiro atoms. The van der Waals surface area contributed by atoms with E-state index in [1.165, 1.54) is 11.1 Å². The molecule has 0 atom stereocenters. The molecule has 0 aromatic rings. The Morgan fingerprint density at radius 3 is 1.12 bits per heavy atom. The second kappa shape index (κ2) is 8.55. The third-order valence-electron chi connectivity index (χ3n) is 2.71. The first-order valence-corrected chi connectivity index (χ1v) is 6.04. The standard InChI is InChI=1S/2C8H11.Fe/c2*1-7(2)8-5-3-4-6-8;/h2*3-7H,1-2H3;. The monoisotopic (exact) mass is 270 g/mol. The van der Waals surface area contributed by atoms with E-state index in [0.717, 1.165) is 0 Å². The van der Waals surface area contributed by atoms with Gasteiger partial charge in [0.15, 0.2) is 0 Å². The van der Waals surface area contributed by atoms with Crippen molar-refractivity contribution in [1.82, 2.24) is 0 Å². The molecule has 0 unspecified atom stereocenters. The molecular formula is C16H22Fe. The fraction of sp³-hybridized carbons (Fsp3) is 0.375. The minimum absolute atomic E-state index is 0. The quantitative estimate of drug-likeness (QED) is 0.639. The summed E-state index contributed by atoms with van der Waals surface area (Å²) in [5.41, 5.74) is 2.87. The van der Waals surface area contributed by atoms with Gasteiger partial charge in [-0.25, -0.2) is 0 Å². The molecule has 2 aliphatic rings. The van der Waals surface area contributed by atoms with Crippen LogP contribution in [-0.2, 0) is 17.1 Å². The van der Waals surface area contributed by atoms with E-state index in [1.54, 1.807) is 0 Å². The van der Waals surface area contributed by atoms with Gasteiger partial charge in [-0.3, -0.25) is 0 Å². The largest absolute Gasteiger partial charge is 0.0764 e. The van der Waals surface area contributed by atoms with Gasteiger partial charge in [-0.15, -0.1) is 0 Å². The van der Waals surface area contributed by atoms with Crippen LogP contribution in [0.25, 0.3) is 0 Å². The molecule has 0 aromatic heterocycles. The average Bonchev–Trinajstić information content (AvgIpc) is 2.93. The number of hydrogen-bond acceptors (Lipinski definition) is 0. The first-order valence-electron chi connectivity index (χ1n) is 6.04.